The number of hydrogen-bond acceptors (Lipinski definition) is 2. The molecule has 90 valence electrons. The van der Waals surface area contributed by atoms with Crippen LogP contribution in [-0.4, -0.2) is 0 Å². The molecule has 0 heterocycles. The first-order valence-electron chi connectivity index (χ1n) is 4.93. The molecule has 0 bridgehead atoms. The number of halogens is 3. The third-order valence-corrected chi connectivity index (χ3v) is 3.16. The van der Waals surface area contributed by atoms with E-state index in [1.54, 1.807) is 24.3 Å². The fraction of sp³-hybridized carbons (Fsp3) is 0. The molecule has 0 aliphatic carbocycles. The van der Waals surface area contributed by atoms with Gasteiger partial charge >= 0.3 is 0 Å². The first kappa shape index (κ1) is 12.9. The van der Waals surface area contributed by atoms with Gasteiger partial charge < -0.3 is 4.74 Å². The number of nitriles is 1. The van der Waals surface area contributed by atoms with Crippen molar-refractivity contribution in [2.75, 3.05) is 0 Å². The molecule has 2 rings (SSSR count). The Morgan fingerprint density at radius 1 is 1.28 bits per heavy atom. The molecule has 18 heavy (non-hydrogen) atoms. The van der Waals surface area contributed by atoms with Crippen molar-refractivity contribution in [2.45, 2.75) is 0 Å². The Morgan fingerprint density at radius 3 is 2.72 bits per heavy atom. The van der Waals surface area contributed by atoms with E-state index in [0.29, 0.717) is 21.0 Å². The largest absolute Gasteiger partial charge is 0.456 e. The molecule has 2 nitrogen and oxygen atoms in total. The van der Waals surface area contributed by atoms with Crippen molar-refractivity contribution >= 4 is 27.5 Å². The lowest BCUT2D eigenvalue weighted by atomic mass is 10.2. The highest BCUT2D eigenvalue weighted by Crippen LogP contribution is 2.31. The number of nitrogens with zero attached hydrogens (tertiary/aromatic N) is 1. The summed E-state index contributed by atoms with van der Waals surface area (Å²) in [7, 11) is 0. The minimum Gasteiger partial charge on any atom is -0.456 e. The summed E-state index contributed by atoms with van der Waals surface area (Å²) in [6, 6.07) is 11.2. The Morgan fingerprint density at radius 2 is 2.06 bits per heavy atom. The van der Waals surface area contributed by atoms with Gasteiger partial charge in [-0.1, -0.05) is 17.7 Å². The monoisotopic (exact) mass is 325 g/mol. The van der Waals surface area contributed by atoms with Crippen molar-refractivity contribution in [2.24, 2.45) is 0 Å². The number of ether oxygens (including phenoxy) is 1. The maximum Gasteiger partial charge on any atom is 0.146 e. The highest BCUT2D eigenvalue weighted by Gasteiger charge is 2.09. The Labute approximate surface area is 117 Å². The van der Waals surface area contributed by atoms with Crippen LogP contribution in [0.15, 0.2) is 40.9 Å². The quantitative estimate of drug-likeness (QED) is 0.786. The van der Waals surface area contributed by atoms with Crippen LogP contribution in [0.3, 0.4) is 0 Å². The van der Waals surface area contributed by atoms with Gasteiger partial charge in [0.15, 0.2) is 0 Å². The summed E-state index contributed by atoms with van der Waals surface area (Å²) < 4.78 is 19.1. The van der Waals surface area contributed by atoms with Crippen molar-refractivity contribution < 1.29 is 9.13 Å². The standard InChI is InChI=1S/C13H6BrClFNO/c14-10-5-4-8(6-12(10)16)18-13-3-1-2-11(15)9(13)7-17/h1-6H. The van der Waals surface area contributed by atoms with Gasteiger partial charge in [-0.05, 0) is 40.2 Å². The van der Waals surface area contributed by atoms with Gasteiger partial charge in [-0.25, -0.2) is 4.39 Å². The molecule has 5 heteroatoms. The summed E-state index contributed by atoms with van der Waals surface area (Å²) in [6.45, 7) is 0. The second-order valence-corrected chi connectivity index (χ2v) is 4.66. The topological polar surface area (TPSA) is 33.0 Å². The van der Waals surface area contributed by atoms with E-state index in [-0.39, 0.29) is 5.56 Å². The third-order valence-electron chi connectivity index (χ3n) is 2.21. The fourth-order valence-electron chi connectivity index (χ4n) is 1.37. The van der Waals surface area contributed by atoms with Crippen LogP contribution in [0.25, 0.3) is 0 Å². The average Bonchev–Trinajstić information content (AvgIpc) is 2.34. The summed E-state index contributed by atoms with van der Waals surface area (Å²) in [4.78, 5) is 0. The van der Waals surface area contributed by atoms with Gasteiger partial charge in [-0.3, -0.25) is 0 Å². The van der Waals surface area contributed by atoms with Crippen LogP contribution < -0.4 is 4.74 Å². The first-order chi connectivity index (χ1) is 8.61. The fourth-order valence-corrected chi connectivity index (χ4v) is 1.82. The highest BCUT2D eigenvalue weighted by molar-refractivity contribution is 9.10. The van der Waals surface area contributed by atoms with E-state index in [2.05, 4.69) is 15.9 Å². The number of hydrogen-bond donors (Lipinski definition) is 0. The second-order valence-electron chi connectivity index (χ2n) is 3.40. The summed E-state index contributed by atoms with van der Waals surface area (Å²) in [6.07, 6.45) is 0. The summed E-state index contributed by atoms with van der Waals surface area (Å²) in [5.74, 6) is 0.161. The molecular weight excluding hydrogens is 321 g/mol. The van der Waals surface area contributed by atoms with Gasteiger partial charge in [0, 0.05) is 6.07 Å². The minimum absolute atomic E-state index is 0.225. The molecule has 0 aromatic heterocycles. The van der Waals surface area contributed by atoms with Crippen LogP contribution in [0, 0.1) is 17.1 Å². The number of rotatable bonds is 2. The molecule has 0 aliphatic rings. The molecule has 0 amide bonds. The van der Waals surface area contributed by atoms with E-state index < -0.39 is 5.82 Å². The second kappa shape index (κ2) is 5.38. The molecule has 0 unspecified atom stereocenters. The predicted octanol–water partition coefficient (Wildman–Crippen LogP) is 4.91. The zero-order chi connectivity index (χ0) is 13.1. The van der Waals surface area contributed by atoms with Gasteiger partial charge in [0.1, 0.15) is 28.9 Å². The number of benzene rings is 2. The van der Waals surface area contributed by atoms with E-state index in [1.165, 1.54) is 12.1 Å². The van der Waals surface area contributed by atoms with Crippen LogP contribution in [-0.2, 0) is 0 Å². The molecule has 0 saturated carbocycles. The summed E-state index contributed by atoms with van der Waals surface area (Å²) in [5.41, 5.74) is 0.225. The zero-order valence-electron chi connectivity index (χ0n) is 8.95. The molecule has 0 atom stereocenters. The maximum atomic E-state index is 13.3. The Hall–Kier alpha value is -1.57. The van der Waals surface area contributed by atoms with Gasteiger partial charge in [-0.15, -0.1) is 0 Å². The molecular formula is C13H6BrClFNO. The molecule has 0 saturated heterocycles. The lowest BCUT2D eigenvalue weighted by molar-refractivity contribution is 0.475. The zero-order valence-corrected chi connectivity index (χ0v) is 11.3. The molecule has 0 radical (unpaired) electrons. The van der Waals surface area contributed by atoms with Crippen LogP contribution in [0.1, 0.15) is 5.56 Å². The van der Waals surface area contributed by atoms with Gasteiger partial charge in [-0.2, -0.15) is 5.26 Å². The smallest absolute Gasteiger partial charge is 0.146 e. The van der Waals surface area contributed by atoms with Crippen LogP contribution >= 0.6 is 27.5 Å². The van der Waals surface area contributed by atoms with Crippen molar-refractivity contribution in [3.8, 4) is 17.6 Å². The minimum atomic E-state index is -0.437. The maximum absolute atomic E-state index is 13.3. The Balaban J connectivity index is 2.37. The molecule has 0 aliphatic heterocycles. The van der Waals surface area contributed by atoms with Gasteiger partial charge in [0.25, 0.3) is 0 Å². The van der Waals surface area contributed by atoms with Crippen LogP contribution in [0.5, 0.6) is 11.5 Å². The SMILES string of the molecule is N#Cc1c(Cl)cccc1Oc1ccc(Br)c(F)c1. The van der Waals surface area contributed by atoms with Gasteiger partial charge in [0.05, 0.1) is 9.50 Å². The van der Waals surface area contributed by atoms with E-state index in [9.17, 15) is 4.39 Å². The summed E-state index contributed by atoms with van der Waals surface area (Å²) >= 11 is 8.92. The lowest BCUT2D eigenvalue weighted by Gasteiger charge is -2.08. The Kier molecular flexibility index (Phi) is 3.85. The van der Waals surface area contributed by atoms with E-state index in [1.807, 2.05) is 6.07 Å². The average molecular weight is 327 g/mol. The molecule has 0 spiro atoms. The van der Waals surface area contributed by atoms with E-state index >= 15 is 0 Å². The van der Waals surface area contributed by atoms with Crippen molar-refractivity contribution in [3.63, 3.8) is 0 Å². The highest BCUT2D eigenvalue weighted by atomic mass is 79.9. The molecule has 0 N–H and O–H groups in total. The normalized spacial score (nSPS) is 9.89. The first-order valence-corrected chi connectivity index (χ1v) is 6.10. The van der Waals surface area contributed by atoms with Crippen molar-refractivity contribution in [3.05, 3.63) is 57.3 Å². The molecule has 0 fully saturated rings. The predicted molar refractivity (Wildman–Crippen MR) is 70.3 cm³/mol. The van der Waals surface area contributed by atoms with Crippen LogP contribution in [0.2, 0.25) is 5.02 Å². The summed E-state index contributed by atoms with van der Waals surface area (Å²) in [5, 5.41) is 9.28. The van der Waals surface area contributed by atoms with Crippen LogP contribution in [0.4, 0.5) is 4.39 Å². The van der Waals surface area contributed by atoms with Crippen molar-refractivity contribution in [1.82, 2.24) is 0 Å². The van der Waals surface area contributed by atoms with E-state index in [4.69, 9.17) is 21.6 Å². The lowest BCUT2D eigenvalue weighted by Crippen LogP contribution is -1.90. The Bertz CT molecular complexity index is 639. The molecule has 2 aromatic carbocycles. The van der Waals surface area contributed by atoms with Gasteiger partial charge in [0.2, 0.25) is 0 Å². The molecule has 2 aromatic rings. The third kappa shape index (κ3) is 2.63. The van der Waals surface area contributed by atoms with Crippen molar-refractivity contribution in [1.29, 1.82) is 5.26 Å². The van der Waals surface area contributed by atoms with E-state index in [0.717, 1.165) is 0 Å².